The summed E-state index contributed by atoms with van der Waals surface area (Å²) in [7, 11) is 0. The molecule has 0 aromatic carbocycles. The molecule has 0 aliphatic rings. The molecule has 0 aliphatic heterocycles. The van der Waals surface area contributed by atoms with Crippen molar-refractivity contribution in [3.05, 3.63) is 12.2 Å². The summed E-state index contributed by atoms with van der Waals surface area (Å²) in [6, 6.07) is 0. The van der Waals surface area contributed by atoms with Crippen LogP contribution in [0.4, 0.5) is 0 Å². The molecule has 0 amide bonds. The third-order valence-corrected chi connectivity index (χ3v) is 4.63. The first-order chi connectivity index (χ1) is 12.9. The van der Waals surface area contributed by atoms with Gasteiger partial charge in [-0.2, -0.15) is 0 Å². The molecule has 1 nitrogen and oxygen atoms in total. The minimum Gasteiger partial charge on any atom is -0.384 e. The fourth-order valence-electron chi connectivity index (χ4n) is 3.00. The van der Waals surface area contributed by atoms with Crippen LogP contribution < -0.4 is 0 Å². The summed E-state index contributed by atoms with van der Waals surface area (Å²) in [6.45, 7) is 2.18. The van der Waals surface area contributed by atoms with Crippen molar-refractivity contribution in [3.63, 3.8) is 0 Å². The number of rotatable bonds is 17. The van der Waals surface area contributed by atoms with Crippen molar-refractivity contribution in [1.29, 1.82) is 0 Å². The van der Waals surface area contributed by atoms with E-state index >= 15 is 0 Å². The quantitative estimate of drug-likeness (QED) is 0.166. The zero-order valence-electron chi connectivity index (χ0n) is 17.3. The van der Waals surface area contributed by atoms with Crippen LogP contribution in [0.2, 0.25) is 0 Å². The molecule has 0 fully saturated rings. The standard InChI is InChI=1S/C25H42O/c1-2-3-4-5-6-7-8-9-10-11-12-13-14-15-16-17-18-19-20-21-22-23-24-25-26/h9-10,26H,2-8,11-20,25H2,1H3. The van der Waals surface area contributed by atoms with Gasteiger partial charge in [0.25, 0.3) is 0 Å². The number of hydrogen-bond donors (Lipinski definition) is 1. The van der Waals surface area contributed by atoms with Crippen LogP contribution >= 0.6 is 0 Å². The molecule has 0 radical (unpaired) electrons. The zero-order valence-corrected chi connectivity index (χ0v) is 17.3. The number of hydrogen-bond acceptors (Lipinski definition) is 1. The molecule has 0 heterocycles. The summed E-state index contributed by atoms with van der Waals surface area (Å²) in [5.41, 5.74) is 0. The molecular formula is C25H42O. The largest absolute Gasteiger partial charge is 0.384 e. The zero-order chi connectivity index (χ0) is 19.0. The minimum atomic E-state index is -0.0931. The van der Waals surface area contributed by atoms with Gasteiger partial charge in [-0.25, -0.2) is 0 Å². The predicted octanol–water partition coefficient (Wildman–Crippen LogP) is 7.19. The van der Waals surface area contributed by atoms with Crippen molar-refractivity contribution in [1.82, 2.24) is 0 Å². The van der Waals surface area contributed by atoms with E-state index in [0.717, 1.165) is 6.42 Å². The molecule has 0 bridgehead atoms. The van der Waals surface area contributed by atoms with Crippen molar-refractivity contribution in [2.45, 2.75) is 116 Å². The number of aliphatic hydroxyl groups is 1. The highest BCUT2D eigenvalue weighted by molar-refractivity contribution is 5.25. The molecule has 0 aromatic heterocycles. The van der Waals surface area contributed by atoms with Gasteiger partial charge in [0, 0.05) is 6.42 Å². The minimum absolute atomic E-state index is 0.0931. The van der Waals surface area contributed by atoms with Gasteiger partial charge in [-0.1, -0.05) is 102 Å². The van der Waals surface area contributed by atoms with Gasteiger partial charge in [0.1, 0.15) is 6.61 Å². The molecule has 0 saturated carbocycles. The summed E-state index contributed by atoms with van der Waals surface area (Å²) in [6.07, 6.45) is 27.4. The SMILES string of the molecule is CCCCCCCCC=CCCCCCCCCCCC#CC#CCO. The Morgan fingerprint density at radius 2 is 1.04 bits per heavy atom. The smallest absolute Gasteiger partial charge is 0.105 e. The molecule has 0 aliphatic carbocycles. The van der Waals surface area contributed by atoms with Gasteiger partial charge in [0.15, 0.2) is 0 Å². The van der Waals surface area contributed by atoms with Gasteiger partial charge in [0.05, 0.1) is 0 Å². The average Bonchev–Trinajstić information content (AvgIpc) is 2.66. The van der Waals surface area contributed by atoms with Crippen LogP contribution in [0.15, 0.2) is 12.2 Å². The third kappa shape index (κ3) is 22.8. The van der Waals surface area contributed by atoms with Gasteiger partial charge >= 0.3 is 0 Å². The Labute approximate surface area is 164 Å². The normalized spacial score (nSPS) is 10.4. The van der Waals surface area contributed by atoms with Gasteiger partial charge in [-0.15, -0.1) is 0 Å². The summed E-state index contributed by atoms with van der Waals surface area (Å²) in [5.74, 6) is 11.0. The van der Waals surface area contributed by atoms with Crippen LogP contribution in [-0.2, 0) is 0 Å². The van der Waals surface area contributed by atoms with Crippen LogP contribution in [0.25, 0.3) is 0 Å². The van der Waals surface area contributed by atoms with Crippen molar-refractivity contribution in [3.8, 4) is 23.7 Å². The fourth-order valence-corrected chi connectivity index (χ4v) is 3.00. The van der Waals surface area contributed by atoms with E-state index in [-0.39, 0.29) is 6.61 Å². The van der Waals surface area contributed by atoms with Crippen LogP contribution in [0, 0.1) is 23.7 Å². The Kier molecular flexibility index (Phi) is 22.7. The van der Waals surface area contributed by atoms with Crippen molar-refractivity contribution < 1.29 is 5.11 Å². The van der Waals surface area contributed by atoms with E-state index in [9.17, 15) is 0 Å². The maximum atomic E-state index is 8.49. The Morgan fingerprint density at radius 3 is 1.58 bits per heavy atom. The Bertz CT molecular complexity index is 413. The first-order valence-electron chi connectivity index (χ1n) is 11.1. The van der Waals surface area contributed by atoms with Crippen molar-refractivity contribution in [2.24, 2.45) is 0 Å². The summed E-state index contributed by atoms with van der Waals surface area (Å²) < 4.78 is 0. The van der Waals surface area contributed by atoms with E-state index in [4.69, 9.17) is 5.11 Å². The monoisotopic (exact) mass is 358 g/mol. The van der Waals surface area contributed by atoms with Gasteiger partial charge in [-0.05, 0) is 43.9 Å². The first-order valence-corrected chi connectivity index (χ1v) is 11.1. The lowest BCUT2D eigenvalue weighted by molar-refractivity contribution is 0.350. The van der Waals surface area contributed by atoms with E-state index < -0.39 is 0 Å². The molecule has 26 heavy (non-hydrogen) atoms. The van der Waals surface area contributed by atoms with E-state index in [1.54, 1.807) is 0 Å². The Hall–Kier alpha value is -1.18. The Balaban J connectivity index is 3.14. The topological polar surface area (TPSA) is 20.2 Å². The summed E-state index contributed by atoms with van der Waals surface area (Å²) >= 11 is 0. The van der Waals surface area contributed by atoms with Crippen LogP contribution in [0.3, 0.4) is 0 Å². The second-order valence-electron chi connectivity index (χ2n) is 7.16. The molecule has 148 valence electrons. The molecular weight excluding hydrogens is 316 g/mol. The van der Waals surface area contributed by atoms with Gasteiger partial charge in [0.2, 0.25) is 0 Å². The number of unbranched alkanes of at least 4 members (excludes halogenated alkanes) is 15. The Morgan fingerprint density at radius 1 is 0.577 bits per heavy atom. The second-order valence-corrected chi connectivity index (χ2v) is 7.16. The van der Waals surface area contributed by atoms with Gasteiger partial charge in [-0.3, -0.25) is 0 Å². The van der Waals surface area contributed by atoms with Gasteiger partial charge < -0.3 is 5.11 Å². The summed E-state index contributed by atoms with van der Waals surface area (Å²) in [5, 5.41) is 8.49. The second kappa shape index (κ2) is 23.8. The van der Waals surface area contributed by atoms with E-state index in [2.05, 4.69) is 42.8 Å². The molecule has 0 atom stereocenters. The van der Waals surface area contributed by atoms with E-state index in [1.165, 1.54) is 103 Å². The highest BCUT2D eigenvalue weighted by Gasteiger charge is 1.92. The predicted molar refractivity (Wildman–Crippen MR) is 116 cm³/mol. The highest BCUT2D eigenvalue weighted by atomic mass is 16.2. The van der Waals surface area contributed by atoms with Crippen LogP contribution in [0.5, 0.6) is 0 Å². The van der Waals surface area contributed by atoms with Crippen LogP contribution in [-0.4, -0.2) is 11.7 Å². The molecule has 1 heteroatoms. The number of aliphatic hydroxyl groups excluding tert-OH is 1. The fraction of sp³-hybridized carbons (Fsp3) is 0.760. The lowest BCUT2D eigenvalue weighted by Crippen LogP contribution is -1.81. The van der Waals surface area contributed by atoms with Crippen LogP contribution in [0.1, 0.15) is 116 Å². The third-order valence-electron chi connectivity index (χ3n) is 4.63. The molecule has 0 aromatic rings. The maximum Gasteiger partial charge on any atom is 0.105 e. The highest BCUT2D eigenvalue weighted by Crippen LogP contribution is 2.11. The summed E-state index contributed by atoms with van der Waals surface area (Å²) in [4.78, 5) is 0. The molecule has 0 unspecified atom stereocenters. The number of allylic oxidation sites excluding steroid dienone is 2. The lowest BCUT2D eigenvalue weighted by atomic mass is 10.1. The molecule has 0 spiro atoms. The molecule has 0 saturated heterocycles. The van der Waals surface area contributed by atoms with Crippen molar-refractivity contribution in [2.75, 3.05) is 6.61 Å². The molecule has 1 N–H and O–H groups in total. The maximum absolute atomic E-state index is 8.49. The first kappa shape index (κ1) is 24.8. The average molecular weight is 359 g/mol. The van der Waals surface area contributed by atoms with E-state index in [0.29, 0.717) is 0 Å². The lowest BCUT2D eigenvalue weighted by Gasteiger charge is -2.00. The van der Waals surface area contributed by atoms with E-state index in [1.807, 2.05) is 0 Å². The van der Waals surface area contributed by atoms with Crippen molar-refractivity contribution >= 4 is 0 Å². The molecule has 0 rings (SSSR count).